The quantitative estimate of drug-likeness (QED) is 0.382. The normalized spacial score (nSPS) is 11.5. The third-order valence-electron chi connectivity index (χ3n) is 1.11. The summed E-state index contributed by atoms with van der Waals surface area (Å²) in [7, 11) is 0. The van der Waals surface area contributed by atoms with Gasteiger partial charge in [-0.15, -0.1) is 22.8 Å². The van der Waals surface area contributed by atoms with E-state index in [9.17, 15) is 4.91 Å². The second kappa shape index (κ2) is 3.82. The lowest BCUT2D eigenvalue weighted by Crippen LogP contribution is -2.11. The zero-order valence-electron chi connectivity index (χ0n) is 5.80. The van der Waals surface area contributed by atoms with Crippen molar-refractivity contribution in [3.8, 4) is 0 Å². The Labute approximate surface area is 67.5 Å². The number of allylic oxidation sites excluding steroid dienone is 1. The van der Waals surface area contributed by atoms with Crippen molar-refractivity contribution in [2.45, 2.75) is 6.54 Å². The van der Waals surface area contributed by atoms with Gasteiger partial charge < -0.3 is 4.57 Å². The largest absolute Gasteiger partial charge is 0.318 e. The van der Waals surface area contributed by atoms with Gasteiger partial charge >= 0.3 is 0 Å². The molecule has 58 valence electrons. The van der Waals surface area contributed by atoms with Crippen molar-refractivity contribution in [2.24, 2.45) is 10.4 Å². The average molecular weight is 169 g/mol. The van der Waals surface area contributed by atoms with Crippen LogP contribution >= 0.6 is 11.3 Å². The summed E-state index contributed by atoms with van der Waals surface area (Å²) in [5, 5.41) is 7.68. The van der Waals surface area contributed by atoms with E-state index in [4.69, 9.17) is 0 Å². The molecule has 1 aromatic rings. The molecule has 0 aliphatic carbocycles. The highest BCUT2D eigenvalue weighted by atomic mass is 32.1. The smallest absolute Gasteiger partial charge is 0.214 e. The molecule has 1 rings (SSSR count). The summed E-state index contributed by atoms with van der Waals surface area (Å²) >= 11 is 1.37. The van der Waals surface area contributed by atoms with Crippen LogP contribution in [0.1, 0.15) is 0 Å². The Balaban J connectivity index is 3.04. The van der Waals surface area contributed by atoms with Crippen molar-refractivity contribution < 1.29 is 0 Å². The van der Waals surface area contributed by atoms with Crippen LogP contribution in [0.4, 0.5) is 0 Å². The van der Waals surface area contributed by atoms with E-state index in [1.54, 1.807) is 10.6 Å². The lowest BCUT2D eigenvalue weighted by atomic mass is 10.6. The van der Waals surface area contributed by atoms with E-state index in [0.717, 1.165) is 0 Å². The summed E-state index contributed by atoms with van der Waals surface area (Å²) in [6.07, 6.45) is 3.56. The average Bonchev–Trinajstić information content (AvgIpc) is 2.39. The number of rotatable bonds is 3. The number of nitroso groups, excluding NO2 is 1. The molecular formula is C6H7N3OS. The summed E-state index contributed by atoms with van der Waals surface area (Å²) < 4.78 is 1.79. The topological polar surface area (TPSA) is 46.7 Å². The highest BCUT2D eigenvalue weighted by Gasteiger charge is 1.90. The standard InChI is InChI=1S/C6H7N3OS/c1-2-3-9-4-5-11-6(9)7-8-10/h2,4-5H,1,3H2/b7-6+. The number of hydrogen-bond donors (Lipinski definition) is 0. The van der Waals surface area contributed by atoms with Crippen molar-refractivity contribution in [2.75, 3.05) is 0 Å². The number of aromatic nitrogens is 1. The monoisotopic (exact) mass is 169 g/mol. The summed E-state index contributed by atoms with van der Waals surface area (Å²) in [6.45, 7) is 4.22. The second-order valence-electron chi connectivity index (χ2n) is 1.81. The van der Waals surface area contributed by atoms with Gasteiger partial charge in [-0.05, 0) is 0 Å². The fourth-order valence-electron chi connectivity index (χ4n) is 0.690. The fourth-order valence-corrected chi connectivity index (χ4v) is 1.37. The van der Waals surface area contributed by atoms with Gasteiger partial charge in [0.25, 0.3) is 0 Å². The Hall–Kier alpha value is -1.23. The fraction of sp³-hybridized carbons (Fsp3) is 0.167. The Morgan fingerprint density at radius 2 is 2.64 bits per heavy atom. The maximum Gasteiger partial charge on any atom is 0.214 e. The van der Waals surface area contributed by atoms with Gasteiger partial charge in [0.05, 0.1) is 5.29 Å². The molecule has 0 bridgehead atoms. The Bertz CT molecular complexity index is 312. The van der Waals surface area contributed by atoms with Crippen LogP contribution in [0.3, 0.4) is 0 Å². The van der Waals surface area contributed by atoms with Gasteiger partial charge in [-0.1, -0.05) is 11.2 Å². The molecule has 5 heteroatoms. The molecule has 1 aromatic heterocycles. The molecule has 0 spiro atoms. The Morgan fingerprint density at radius 3 is 3.27 bits per heavy atom. The zero-order valence-corrected chi connectivity index (χ0v) is 6.62. The first-order valence-corrected chi connectivity index (χ1v) is 3.87. The summed E-state index contributed by atoms with van der Waals surface area (Å²) in [5.74, 6) is 0. The van der Waals surface area contributed by atoms with E-state index in [1.165, 1.54) is 11.3 Å². The molecule has 0 atom stereocenters. The number of nitrogens with zero attached hydrogens (tertiary/aromatic N) is 3. The highest BCUT2D eigenvalue weighted by Crippen LogP contribution is 1.89. The van der Waals surface area contributed by atoms with Crippen LogP contribution in [0.5, 0.6) is 0 Å². The van der Waals surface area contributed by atoms with Gasteiger partial charge in [-0.25, -0.2) is 0 Å². The zero-order chi connectivity index (χ0) is 8.10. The first-order valence-electron chi connectivity index (χ1n) is 2.99. The van der Waals surface area contributed by atoms with Crippen LogP contribution in [0.25, 0.3) is 0 Å². The molecule has 0 aliphatic rings. The third kappa shape index (κ3) is 1.84. The SMILES string of the molecule is C=CCn1ccs/c1=N/N=O. The molecule has 0 N–H and O–H groups in total. The molecule has 4 nitrogen and oxygen atoms in total. The van der Waals surface area contributed by atoms with Crippen LogP contribution in [0, 0.1) is 4.91 Å². The predicted molar refractivity (Wildman–Crippen MR) is 43.9 cm³/mol. The molecule has 0 amide bonds. The third-order valence-corrected chi connectivity index (χ3v) is 1.90. The first-order chi connectivity index (χ1) is 5.38. The van der Waals surface area contributed by atoms with Crippen LogP contribution < -0.4 is 4.80 Å². The van der Waals surface area contributed by atoms with Crippen molar-refractivity contribution in [1.82, 2.24) is 4.57 Å². The van der Waals surface area contributed by atoms with E-state index in [2.05, 4.69) is 17.0 Å². The summed E-state index contributed by atoms with van der Waals surface area (Å²) in [4.78, 5) is 10.4. The second-order valence-corrected chi connectivity index (χ2v) is 2.68. The van der Waals surface area contributed by atoms with E-state index in [1.807, 2.05) is 11.6 Å². The minimum atomic E-state index is 0.597. The van der Waals surface area contributed by atoms with Crippen molar-refractivity contribution in [1.29, 1.82) is 0 Å². The Morgan fingerprint density at radius 1 is 1.82 bits per heavy atom. The summed E-state index contributed by atoms with van der Waals surface area (Å²) in [6, 6.07) is 0. The highest BCUT2D eigenvalue weighted by molar-refractivity contribution is 7.07. The van der Waals surface area contributed by atoms with E-state index in [-0.39, 0.29) is 0 Å². The molecule has 0 saturated heterocycles. The molecule has 0 radical (unpaired) electrons. The van der Waals surface area contributed by atoms with E-state index < -0.39 is 0 Å². The van der Waals surface area contributed by atoms with Gasteiger partial charge in [-0.2, -0.15) is 0 Å². The van der Waals surface area contributed by atoms with Gasteiger partial charge in [-0.3, -0.25) is 0 Å². The van der Waals surface area contributed by atoms with Crippen LogP contribution in [0.15, 0.2) is 34.6 Å². The van der Waals surface area contributed by atoms with Gasteiger partial charge in [0.15, 0.2) is 0 Å². The molecule has 1 heterocycles. The molecule has 0 unspecified atom stereocenters. The predicted octanol–water partition coefficient (Wildman–Crippen LogP) is 1.32. The maximum absolute atomic E-state index is 9.78. The van der Waals surface area contributed by atoms with Crippen molar-refractivity contribution in [3.63, 3.8) is 0 Å². The lowest BCUT2D eigenvalue weighted by Gasteiger charge is -1.92. The number of hydrogen-bond acceptors (Lipinski definition) is 3. The van der Waals surface area contributed by atoms with Crippen molar-refractivity contribution >= 4 is 11.3 Å². The van der Waals surface area contributed by atoms with Crippen LogP contribution in [-0.4, -0.2) is 4.57 Å². The summed E-state index contributed by atoms with van der Waals surface area (Å²) in [5.41, 5.74) is 0. The first kappa shape index (κ1) is 7.87. The molecule has 0 saturated carbocycles. The van der Waals surface area contributed by atoms with Crippen LogP contribution in [-0.2, 0) is 6.54 Å². The van der Waals surface area contributed by atoms with Crippen LogP contribution in [0.2, 0.25) is 0 Å². The molecule has 0 aromatic carbocycles. The van der Waals surface area contributed by atoms with Crippen molar-refractivity contribution in [3.05, 3.63) is 33.9 Å². The molecule has 0 aliphatic heterocycles. The molecule has 0 fully saturated rings. The van der Waals surface area contributed by atoms with E-state index >= 15 is 0 Å². The van der Waals surface area contributed by atoms with E-state index in [0.29, 0.717) is 11.3 Å². The minimum absolute atomic E-state index is 0.597. The van der Waals surface area contributed by atoms with Gasteiger partial charge in [0.1, 0.15) is 0 Å². The van der Waals surface area contributed by atoms with Gasteiger partial charge in [0.2, 0.25) is 4.80 Å². The maximum atomic E-state index is 9.78. The Kier molecular flexibility index (Phi) is 2.74. The molecule has 11 heavy (non-hydrogen) atoms. The molecular weight excluding hydrogens is 162 g/mol. The minimum Gasteiger partial charge on any atom is -0.318 e. The lowest BCUT2D eigenvalue weighted by molar-refractivity contribution is 0.779. The van der Waals surface area contributed by atoms with Gasteiger partial charge in [0, 0.05) is 18.1 Å². The number of thiazole rings is 1.